The van der Waals surface area contributed by atoms with E-state index >= 15 is 0 Å². The molecule has 0 spiro atoms. The zero-order valence-corrected chi connectivity index (χ0v) is 10.0. The Hall–Kier alpha value is 0.790. The molecule has 0 amide bonds. The van der Waals surface area contributed by atoms with Gasteiger partial charge < -0.3 is 0 Å². The van der Waals surface area contributed by atoms with E-state index in [1.807, 2.05) is 6.26 Å². The molecule has 1 aromatic carbocycles. The van der Waals surface area contributed by atoms with Crippen LogP contribution < -0.4 is 0 Å². The maximum Gasteiger partial charge on any atom is 0.0607 e. The number of rotatable bonds is 2. The largest absolute Gasteiger partial charge is 0.0923 e. The van der Waals surface area contributed by atoms with Gasteiger partial charge in [0, 0.05) is 4.90 Å². The normalized spacial score (nSPS) is 10.3. The summed E-state index contributed by atoms with van der Waals surface area (Å²) >= 11 is 17.5. The van der Waals surface area contributed by atoms with E-state index in [-0.39, 0.29) is 0 Å². The minimum absolute atomic E-state index is 0.493. The first-order valence-electron chi connectivity index (χ1n) is 3.00. The Balaban J connectivity index is 3.05. The zero-order chi connectivity index (χ0) is 9.14. The summed E-state index contributed by atoms with van der Waals surface area (Å²) in [6.45, 7) is 0. The summed E-state index contributed by atoms with van der Waals surface area (Å²) in [7, 11) is 3.18. The third-order valence-corrected chi connectivity index (χ3v) is 4.02. The third-order valence-electron chi connectivity index (χ3n) is 1.15. The van der Waals surface area contributed by atoms with Gasteiger partial charge in [-0.1, -0.05) is 56.4 Å². The molecule has 0 aliphatic carbocycles. The zero-order valence-electron chi connectivity index (χ0n) is 6.11. The van der Waals surface area contributed by atoms with Gasteiger partial charge in [-0.25, -0.2) is 0 Å². The molecular formula is C7H5Cl3S2. The fourth-order valence-electron chi connectivity index (χ4n) is 0.658. The molecule has 1 rings (SSSR count). The summed E-state index contributed by atoms with van der Waals surface area (Å²) in [5.74, 6) is 0. The van der Waals surface area contributed by atoms with Gasteiger partial charge in [-0.3, -0.25) is 0 Å². The van der Waals surface area contributed by atoms with Crippen LogP contribution in [-0.4, -0.2) is 6.26 Å². The average molecular weight is 260 g/mol. The quantitative estimate of drug-likeness (QED) is 0.540. The highest BCUT2D eigenvalue weighted by atomic mass is 35.5. The molecule has 5 heteroatoms. The van der Waals surface area contributed by atoms with Gasteiger partial charge in [0.05, 0.1) is 15.1 Å². The van der Waals surface area contributed by atoms with Gasteiger partial charge in [-0.15, -0.1) is 0 Å². The van der Waals surface area contributed by atoms with Crippen molar-refractivity contribution in [1.29, 1.82) is 0 Å². The van der Waals surface area contributed by atoms with E-state index in [9.17, 15) is 0 Å². The standard InChI is InChI=1S/C7H5Cl3S2/c1-11-12-7-3-5(9)4(8)2-6(7)10/h2-3H,1H3. The van der Waals surface area contributed by atoms with Crippen molar-refractivity contribution >= 4 is 56.4 Å². The van der Waals surface area contributed by atoms with Gasteiger partial charge in [0.25, 0.3) is 0 Å². The summed E-state index contributed by atoms with van der Waals surface area (Å²) in [6.07, 6.45) is 1.98. The Morgan fingerprint density at radius 1 is 1.00 bits per heavy atom. The molecule has 1 aromatic rings. The smallest absolute Gasteiger partial charge is 0.0607 e. The molecule has 0 atom stereocenters. The number of halogens is 3. The van der Waals surface area contributed by atoms with Gasteiger partial charge in [0.1, 0.15) is 0 Å². The molecule has 66 valence electrons. The predicted molar refractivity (Wildman–Crippen MR) is 60.8 cm³/mol. The molecule has 0 fully saturated rings. The number of hydrogen-bond acceptors (Lipinski definition) is 2. The van der Waals surface area contributed by atoms with Gasteiger partial charge in [-0.2, -0.15) is 0 Å². The van der Waals surface area contributed by atoms with Crippen LogP contribution in [0.1, 0.15) is 0 Å². The Kier molecular flexibility index (Phi) is 4.41. The van der Waals surface area contributed by atoms with E-state index in [4.69, 9.17) is 34.8 Å². The summed E-state index contributed by atoms with van der Waals surface area (Å²) in [6, 6.07) is 3.43. The minimum Gasteiger partial charge on any atom is -0.0923 e. The molecule has 0 unspecified atom stereocenters. The van der Waals surface area contributed by atoms with Gasteiger partial charge in [0.2, 0.25) is 0 Å². The lowest BCUT2D eigenvalue weighted by Crippen LogP contribution is -1.74. The second kappa shape index (κ2) is 4.87. The maximum absolute atomic E-state index is 5.90. The van der Waals surface area contributed by atoms with E-state index in [1.54, 1.807) is 33.7 Å². The molecule has 12 heavy (non-hydrogen) atoms. The van der Waals surface area contributed by atoms with Gasteiger partial charge in [-0.05, 0) is 18.4 Å². The van der Waals surface area contributed by atoms with E-state index < -0.39 is 0 Å². The second-order valence-corrected chi connectivity index (χ2v) is 5.61. The van der Waals surface area contributed by atoms with Crippen molar-refractivity contribution in [1.82, 2.24) is 0 Å². The van der Waals surface area contributed by atoms with Crippen LogP contribution >= 0.6 is 56.4 Å². The Morgan fingerprint density at radius 2 is 1.58 bits per heavy atom. The van der Waals surface area contributed by atoms with Crippen molar-refractivity contribution in [3.8, 4) is 0 Å². The Bertz CT molecular complexity index is 288. The van der Waals surface area contributed by atoms with Crippen molar-refractivity contribution in [2.24, 2.45) is 0 Å². The first-order chi connectivity index (χ1) is 5.65. The molecule has 0 radical (unpaired) electrons. The van der Waals surface area contributed by atoms with Crippen LogP contribution in [0.3, 0.4) is 0 Å². The van der Waals surface area contributed by atoms with Gasteiger partial charge in [0.15, 0.2) is 0 Å². The lowest BCUT2D eigenvalue weighted by Gasteiger charge is -2.02. The van der Waals surface area contributed by atoms with Gasteiger partial charge >= 0.3 is 0 Å². The number of hydrogen-bond donors (Lipinski definition) is 0. The maximum atomic E-state index is 5.90. The van der Waals surface area contributed by atoms with E-state index in [0.29, 0.717) is 15.1 Å². The van der Waals surface area contributed by atoms with Crippen molar-refractivity contribution in [3.63, 3.8) is 0 Å². The summed E-state index contributed by atoms with van der Waals surface area (Å²) in [4.78, 5) is 0.943. The van der Waals surface area contributed by atoms with Crippen LogP contribution in [0, 0.1) is 0 Å². The van der Waals surface area contributed by atoms with Crippen molar-refractivity contribution < 1.29 is 0 Å². The first kappa shape index (κ1) is 10.9. The fourth-order valence-corrected chi connectivity index (χ4v) is 2.96. The van der Waals surface area contributed by atoms with Crippen LogP contribution in [0.5, 0.6) is 0 Å². The summed E-state index contributed by atoms with van der Waals surface area (Å²) < 4.78 is 0. The molecule has 0 bridgehead atoms. The van der Waals surface area contributed by atoms with E-state index in [0.717, 1.165) is 4.90 Å². The molecule has 0 heterocycles. The summed E-state index contributed by atoms with van der Waals surface area (Å²) in [5, 5.41) is 1.67. The van der Waals surface area contributed by atoms with Crippen molar-refractivity contribution in [2.45, 2.75) is 4.90 Å². The van der Waals surface area contributed by atoms with Crippen LogP contribution in [0.2, 0.25) is 15.1 Å². The second-order valence-electron chi connectivity index (χ2n) is 1.95. The van der Waals surface area contributed by atoms with E-state index in [1.165, 1.54) is 0 Å². The van der Waals surface area contributed by atoms with Crippen LogP contribution in [0.15, 0.2) is 17.0 Å². The highest BCUT2D eigenvalue weighted by Crippen LogP contribution is 2.38. The monoisotopic (exact) mass is 258 g/mol. The molecular weight excluding hydrogens is 255 g/mol. The highest BCUT2D eigenvalue weighted by molar-refractivity contribution is 8.76. The predicted octanol–water partition coefficient (Wildman–Crippen LogP) is 5.02. The lowest BCUT2D eigenvalue weighted by molar-refractivity contribution is 1.47. The first-order valence-corrected chi connectivity index (χ1v) is 6.69. The topological polar surface area (TPSA) is 0 Å². The average Bonchev–Trinajstić information content (AvgIpc) is 2.01. The molecule has 0 aliphatic rings. The molecule has 0 saturated carbocycles. The SMILES string of the molecule is CSSc1cc(Cl)c(Cl)cc1Cl. The lowest BCUT2D eigenvalue weighted by atomic mass is 10.4. The third kappa shape index (κ3) is 2.64. The molecule has 0 aromatic heterocycles. The van der Waals surface area contributed by atoms with Crippen molar-refractivity contribution in [2.75, 3.05) is 6.26 Å². The fraction of sp³-hybridized carbons (Fsp3) is 0.143. The molecule has 0 nitrogen and oxygen atoms in total. The Labute approximate surface area is 94.4 Å². The molecule has 0 aliphatic heterocycles. The van der Waals surface area contributed by atoms with Crippen LogP contribution in [-0.2, 0) is 0 Å². The highest BCUT2D eigenvalue weighted by Gasteiger charge is 2.05. The minimum atomic E-state index is 0.493. The summed E-state index contributed by atoms with van der Waals surface area (Å²) in [5.41, 5.74) is 0. The van der Waals surface area contributed by atoms with Crippen LogP contribution in [0.25, 0.3) is 0 Å². The van der Waals surface area contributed by atoms with E-state index in [2.05, 4.69) is 0 Å². The molecule has 0 N–H and O–H groups in total. The van der Waals surface area contributed by atoms with Crippen molar-refractivity contribution in [3.05, 3.63) is 27.2 Å². The molecule has 0 saturated heterocycles. The number of benzene rings is 1. The Morgan fingerprint density at radius 3 is 2.17 bits per heavy atom. The van der Waals surface area contributed by atoms with Crippen LogP contribution in [0.4, 0.5) is 0 Å².